The maximum absolute atomic E-state index is 13.4. The lowest BCUT2D eigenvalue weighted by Crippen LogP contribution is -2.44. The number of nitriles is 1. The van der Waals surface area contributed by atoms with Gasteiger partial charge in [-0.3, -0.25) is 9.59 Å². The molecule has 0 bridgehead atoms. The van der Waals surface area contributed by atoms with Gasteiger partial charge in [0.25, 0.3) is 0 Å². The van der Waals surface area contributed by atoms with Crippen LogP contribution in [-0.4, -0.2) is 56.1 Å². The van der Waals surface area contributed by atoms with Crippen molar-refractivity contribution in [2.75, 3.05) is 38.3 Å². The standard InChI is InChI=1S/C21H25F3N4O3/c1-31-9-4-18(29)27-7-5-20(6-8-27)11-17(19(26)30)28(13-20)15-3-2-14(12-25)16(10-15)21(22,23)24/h2-3,10,17H,4-9,11,13H2,1H3,(H2,26,30). The second-order valence-corrected chi connectivity index (χ2v) is 8.21. The lowest BCUT2D eigenvalue weighted by atomic mass is 9.76. The predicted molar refractivity (Wildman–Crippen MR) is 106 cm³/mol. The molecule has 2 saturated heterocycles. The van der Waals surface area contributed by atoms with E-state index in [9.17, 15) is 22.8 Å². The van der Waals surface area contributed by atoms with E-state index < -0.39 is 29.3 Å². The summed E-state index contributed by atoms with van der Waals surface area (Å²) in [6.07, 6.45) is -2.70. The van der Waals surface area contributed by atoms with Gasteiger partial charge in [0.2, 0.25) is 11.8 Å². The van der Waals surface area contributed by atoms with E-state index in [4.69, 9.17) is 15.7 Å². The Kier molecular flexibility index (Phi) is 6.46. The summed E-state index contributed by atoms with van der Waals surface area (Å²) < 4.78 is 45.2. The highest BCUT2D eigenvalue weighted by Crippen LogP contribution is 2.46. The van der Waals surface area contributed by atoms with Crippen molar-refractivity contribution in [2.24, 2.45) is 11.1 Å². The highest BCUT2D eigenvalue weighted by molar-refractivity contribution is 5.85. The Morgan fingerprint density at radius 3 is 2.55 bits per heavy atom. The molecule has 31 heavy (non-hydrogen) atoms. The number of alkyl halides is 3. The number of piperidine rings is 1. The Hall–Kier alpha value is -2.80. The Morgan fingerprint density at radius 2 is 2.00 bits per heavy atom. The molecule has 0 radical (unpaired) electrons. The first-order valence-electron chi connectivity index (χ1n) is 10.0. The van der Waals surface area contributed by atoms with Crippen molar-refractivity contribution in [3.8, 4) is 6.07 Å². The topological polar surface area (TPSA) is 99.7 Å². The van der Waals surface area contributed by atoms with Gasteiger partial charge >= 0.3 is 6.18 Å². The maximum atomic E-state index is 13.4. The molecule has 3 rings (SSSR count). The number of carbonyl (C=O) groups is 2. The molecule has 0 aromatic heterocycles. The van der Waals surface area contributed by atoms with Gasteiger partial charge in [0.05, 0.1) is 30.2 Å². The molecule has 0 saturated carbocycles. The first-order valence-corrected chi connectivity index (χ1v) is 10.0. The van der Waals surface area contributed by atoms with Gasteiger partial charge in [0, 0.05) is 32.4 Å². The fraction of sp³-hybridized carbons (Fsp3) is 0.571. The molecule has 2 N–H and O–H groups in total. The Balaban J connectivity index is 1.82. The summed E-state index contributed by atoms with van der Waals surface area (Å²) in [4.78, 5) is 27.7. The number of amides is 2. The minimum absolute atomic E-state index is 0.0000782. The monoisotopic (exact) mass is 438 g/mol. The molecule has 2 fully saturated rings. The summed E-state index contributed by atoms with van der Waals surface area (Å²) in [5.41, 5.74) is 3.99. The number of methoxy groups -OCH3 is 1. The third-order valence-electron chi connectivity index (χ3n) is 6.29. The number of halogens is 3. The molecule has 1 aromatic rings. The SMILES string of the molecule is COCCC(=O)N1CCC2(CC1)CC(C(N)=O)N(c1ccc(C#N)c(C(F)(F)F)c1)C2. The van der Waals surface area contributed by atoms with Crippen LogP contribution in [0.5, 0.6) is 0 Å². The quantitative estimate of drug-likeness (QED) is 0.761. The van der Waals surface area contributed by atoms with Crippen LogP contribution < -0.4 is 10.6 Å². The van der Waals surface area contributed by atoms with E-state index in [2.05, 4.69) is 0 Å². The average Bonchev–Trinajstić information content (AvgIpc) is 3.11. The lowest BCUT2D eigenvalue weighted by molar-refractivity contribution is -0.137. The van der Waals surface area contributed by atoms with Crippen LogP contribution in [0.25, 0.3) is 0 Å². The summed E-state index contributed by atoms with van der Waals surface area (Å²) in [5, 5.41) is 9.02. The smallest absolute Gasteiger partial charge is 0.384 e. The van der Waals surface area contributed by atoms with Gasteiger partial charge in [-0.2, -0.15) is 18.4 Å². The summed E-state index contributed by atoms with van der Waals surface area (Å²) in [6.45, 7) is 1.74. The Labute approximate surface area is 178 Å². The van der Waals surface area contributed by atoms with Crippen LogP contribution in [-0.2, 0) is 20.5 Å². The number of likely N-dealkylation sites (tertiary alicyclic amines) is 1. The van der Waals surface area contributed by atoms with Crippen LogP contribution in [0.4, 0.5) is 18.9 Å². The fourth-order valence-corrected chi connectivity index (χ4v) is 4.56. The molecule has 1 atom stereocenters. The van der Waals surface area contributed by atoms with Crippen molar-refractivity contribution in [3.05, 3.63) is 29.3 Å². The van der Waals surface area contributed by atoms with Gasteiger partial charge in [0.1, 0.15) is 6.04 Å². The number of nitrogens with two attached hydrogens (primary N) is 1. The van der Waals surface area contributed by atoms with Gasteiger partial charge in [0.15, 0.2) is 0 Å². The molecule has 7 nitrogen and oxygen atoms in total. The van der Waals surface area contributed by atoms with Crippen LogP contribution >= 0.6 is 0 Å². The second kappa shape index (κ2) is 8.75. The molecule has 168 valence electrons. The lowest BCUT2D eigenvalue weighted by Gasteiger charge is -2.39. The van der Waals surface area contributed by atoms with E-state index in [0.717, 1.165) is 12.1 Å². The highest BCUT2D eigenvalue weighted by Gasteiger charge is 2.48. The first kappa shape index (κ1) is 22.9. The molecule has 2 amide bonds. The van der Waals surface area contributed by atoms with Crippen molar-refractivity contribution in [3.63, 3.8) is 0 Å². The largest absolute Gasteiger partial charge is 0.417 e. The normalized spacial score (nSPS) is 20.7. The zero-order valence-corrected chi connectivity index (χ0v) is 17.2. The zero-order valence-electron chi connectivity index (χ0n) is 17.2. The molecular weight excluding hydrogens is 413 g/mol. The van der Waals surface area contributed by atoms with Crippen LogP contribution in [0.1, 0.15) is 36.8 Å². The third-order valence-corrected chi connectivity index (χ3v) is 6.29. The number of carbonyl (C=O) groups excluding carboxylic acids is 2. The maximum Gasteiger partial charge on any atom is 0.417 e. The van der Waals surface area contributed by atoms with Crippen molar-refractivity contribution >= 4 is 17.5 Å². The van der Waals surface area contributed by atoms with Gasteiger partial charge in [-0.05, 0) is 42.9 Å². The molecule has 1 spiro atoms. The van der Waals surface area contributed by atoms with E-state index in [1.165, 1.54) is 13.2 Å². The second-order valence-electron chi connectivity index (χ2n) is 8.21. The predicted octanol–water partition coefficient (Wildman–Crippen LogP) is 2.29. The zero-order chi connectivity index (χ0) is 22.8. The third kappa shape index (κ3) is 4.77. The number of benzene rings is 1. The minimum Gasteiger partial charge on any atom is -0.384 e. The molecule has 10 heteroatoms. The van der Waals surface area contributed by atoms with E-state index in [0.29, 0.717) is 51.9 Å². The van der Waals surface area contributed by atoms with Crippen LogP contribution in [0.15, 0.2) is 18.2 Å². The highest BCUT2D eigenvalue weighted by atomic mass is 19.4. The van der Waals surface area contributed by atoms with E-state index >= 15 is 0 Å². The summed E-state index contributed by atoms with van der Waals surface area (Å²) in [6, 6.07) is 4.28. The summed E-state index contributed by atoms with van der Waals surface area (Å²) in [7, 11) is 1.53. The van der Waals surface area contributed by atoms with Crippen LogP contribution in [0, 0.1) is 16.7 Å². The van der Waals surface area contributed by atoms with Gasteiger partial charge in [-0.15, -0.1) is 0 Å². The molecule has 2 aliphatic rings. The Bertz CT molecular complexity index is 889. The fourth-order valence-electron chi connectivity index (χ4n) is 4.56. The van der Waals surface area contributed by atoms with E-state index in [-0.39, 0.29) is 17.0 Å². The number of anilines is 1. The summed E-state index contributed by atoms with van der Waals surface area (Å²) >= 11 is 0. The van der Waals surface area contributed by atoms with Gasteiger partial charge < -0.3 is 20.3 Å². The molecule has 2 heterocycles. The Morgan fingerprint density at radius 1 is 1.32 bits per heavy atom. The first-order chi connectivity index (χ1) is 14.6. The van der Waals surface area contributed by atoms with Crippen LogP contribution in [0.2, 0.25) is 0 Å². The van der Waals surface area contributed by atoms with Gasteiger partial charge in [-0.25, -0.2) is 0 Å². The summed E-state index contributed by atoms with van der Waals surface area (Å²) in [5.74, 6) is -0.603. The van der Waals surface area contributed by atoms with Crippen molar-refractivity contribution < 1.29 is 27.5 Å². The van der Waals surface area contributed by atoms with E-state index in [1.807, 2.05) is 0 Å². The van der Waals surface area contributed by atoms with Crippen molar-refractivity contribution in [1.82, 2.24) is 4.90 Å². The number of nitrogens with zero attached hydrogens (tertiary/aromatic N) is 3. The molecule has 0 aliphatic carbocycles. The molecule has 2 aliphatic heterocycles. The number of hydrogen-bond acceptors (Lipinski definition) is 5. The van der Waals surface area contributed by atoms with Crippen LogP contribution in [0.3, 0.4) is 0 Å². The van der Waals surface area contributed by atoms with Gasteiger partial charge in [-0.1, -0.05) is 0 Å². The van der Waals surface area contributed by atoms with Crippen molar-refractivity contribution in [1.29, 1.82) is 5.26 Å². The number of primary amides is 1. The number of hydrogen-bond donors (Lipinski definition) is 1. The molecule has 1 aromatic carbocycles. The average molecular weight is 438 g/mol. The van der Waals surface area contributed by atoms with Crippen molar-refractivity contribution in [2.45, 2.75) is 37.9 Å². The number of ether oxygens (including phenoxy) is 1. The molecule has 1 unspecified atom stereocenters. The molecular formula is C21H25F3N4O3. The number of rotatable bonds is 5. The van der Waals surface area contributed by atoms with E-state index in [1.54, 1.807) is 15.9 Å². The minimum atomic E-state index is -4.69.